The average molecular weight is 269 g/mol. The second-order valence-electron chi connectivity index (χ2n) is 5.18. The van der Waals surface area contributed by atoms with Gasteiger partial charge in [-0.1, -0.05) is 20.3 Å². The predicted octanol–water partition coefficient (Wildman–Crippen LogP) is 2.89. The summed E-state index contributed by atoms with van der Waals surface area (Å²) in [7, 11) is 0. The summed E-state index contributed by atoms with van der Waals surface area (Å²) in [4.78, 5) is 14.2. The number of hydrogen-bond acceptors (Lipinski definition) is 3. The molecule has 0 aliphatic rings. The van der Waals surface area contributed by atoms with Crippen LogP contribution in [-0.4, -0.2) is 23.2 Å². The Hall–Kier alpha value is -0.870. The smallest absolute Gasteiger partial charge is 0.252 e. The van der Waals surface area contributed by atoms with Crippen LogP contribution in [0.25, 0.3) is 0 Å². The normalized spacial score (nSPS) is 16.1. The molecule has 0 saturated carbocycles. The van der Waals surface area contributed by atoms with Gasteiger partial charge in [0, 0.05) is 16.3 Å². The third kappa shape index (κ3) is 3.56. The van der Waals surface area contributed by atoms with Crippen molar-refractivity contribution in [1.82, 2.24) is 5.32 Å². The van der Waals surface area contributed by atoms with Gasteiger partial charge < -0.3 is 10.4 Å². The van der Waals surface area contributed by atoms with E-state index in [4.69, 9.17) is 0 Å². The van der Waals surface area contributed by atoms with Crippen LogP contribution in [0.4, 0.5) is 0 Å². The van der Waals surface area contributed by atoms with E-state index < -0.39 is 5.60 Å². The Bertz CT molecular complexity index is 423. The lowest BCUT2D eigenvalue weighted by atomic mass is 9.88. The van der Waals surface area contributed by atoms with E-state index in [1.165, 1.54) is 0 Å². The summed E-state index contributed by atoms with van der Waals surface area (Å²) in [6, 6.07) is 1.90. The molecule has 0 radical (unpaired) electrons. The van der Waals surface area contributed by atoms with Gasteiger partial charge >= 0.3 is 0 Å². The molecule has 0 spiro atoms. The number of nitrogens with one attached hydrogen (secondary N) is 1. The van der Waals surface area contributed by atoms with Crippen LogP contribution in [0.3, 0.4) is 0 Å². The molecule has 2 unspecified atom stereocenters. The molecule has 0 saturated heterocycles. The van der Waals surface area contributed by atoms with Crippen molar-refractivity contribution < 1.29 is 9.90 Å². The number of hydrogen-bond donors (Lipinski definition) is 2. The molecule has 2 atom stereocenters. The van der Waals surface area contributed by atoms with Gasteiger partial charge in [-0.3, -0.25) is 4.79 Å². The second kappa shape index (κ2) is 5.85. The number of amides is 1. The fourth-order valence-electron chi connectivity index (χ4n) is 1.82. The van der Waals surface area contributed by atoms with Gasteiger partial charge in [0.2, 0.25) is 0 Å². The lowest BCUT2D eigenvalue weighted by Crippen LogP contribution is -2.45. The minimum atomic E-state index is -0.858. The van der Waals surface area contributed by atoms with E-state index in [9.17, 15) is 9.90 Å². The summed E-state index contributed by atoms with van der Waals surface area (Å²) >= 11 is 1.62. The summed E-state index contributed by atoms with van der Waals surface area (Å²) in [6.45, 7) is 10.0. The molecule has 3 nitrogen and oxygen atoms in total. The van der Waals surface area contributed by atoms with Crippen molar-refractivity contribution in [1.29, 1.82) is 0 Å². The van der Waals surface area contributed by atoms with Crippen molar-refractivity contribution in [2.24, 2.45) is 5.92 Å². The van der Waals surface area contributed by atoms with Crippen molar-refractivity contribution in [2.45, 2.75) is 46.6 Å². The molecular weight excluding hydrogens is 246 g/mol. The third-order valence-corrected chi connectivity index (χ3v) is 4.53. The topological polar surface area (TPSA) is 49.3 Å². The quantitative estimate of drug-likeness (QED) is 0.863. The first-order valence-electron chi connectivity index (χ1n) is 6.35. The monoisotopic (exact) mass is 269 g/mol. The molecule has 1 rings (SSSR count). The van der Waals surface area contributed by atoms with Gasteiger partial charge in [-0.25, -0.2) is 0 Å². The molecule has 0 aliphatic heterocycles. The zero-order valence-electron chi connectivity index (χ0n) is 11.8. The SMILES string of the molecule is CCC(C)C(C)(O)CNC(=O)c1cc(C)sc1C. The molecule has 0 aliphatic carbocycles. The second-order valence-corrected chi connectivity index (χ2v) is 6.64. The standard InChI is InChI=1S/C14H23NO2S/c1-6-9(2)14(5,17)8-15-13(16)12-7-10(3)18-11(12)4/h7,9,17H,6,8H2,1-5H3,(H,15,16). The molecule has 0 fully saturated rings. The third-order valence-electron chi connectivity index (χ3n) is 3.57. The maximum absolute atomic E-state index is 12.0. The highest BCUT2D eigenvalue weighted by Crippen LogP contribution is 2.22. The molecule has 1 amide bonds. The van der Waals surface area contributed by atoms with Gasteiger partial charge in [0.25, 0.3) is 5.91 Å². The Labute approximate surface area is 113 Å². The van der Waals surface area contributed by atoms with E-state index >= 15 is 0 Å². The molecule has 18 heavy (non-hydrogen) atoms. The van der Waals surface area contributed by atoms with Crippen LogP contribution in [0, 0.1) is 19.8 Å². The fourth-order valence-corrected chi connectivity index (χ4v) is 2.75. The summed E-state index contributed by atoms with van der Waals surface area (Å²) in [5.41, 5.74) is -0.138. The van der Waals surface area contributed by atoms with Crippen LogP contribution in [-0.2, 0) is 0 Å². The first kappa shape index (κ1) is 15.2. The molecule has 1 aromatic rings. The summed E-state index contributed by atoms with van der Waals surface area (Å²) in [6.07, 6.45) is 0.888. The van der Waals surface area contributed by atoms with E-state index in [0.717, 1.165) is 21.7 Å². The Kier molecular flexibility index (Phi) is 4.93. The van der Waals surface area contributed by atoms with Crippen LogP contribution in [0.1, 0.15) is 47.3 Å². The van der Waals surface area contributed by atoms with Gasteiger partial charge in [-0.05, 0) is 32.8 Å². The van der Waals surface area contributed by atoms with Crippen LogP contribution in [0.5, 0.6) is 0 Å². The molecule has 2 N–H and O–H groups in total. The van der Waals surface area contributed by atoms with Gasteiger partial charge in [-0.15, -0.1) is 11.3 Å². The Balaban J connectivity index is 2.64. The molecule has 102 valence electrons. The first-order chi connectivity index (χ1) is 8.27. The zero-order valence-corrected chi connectivity index (χ0v) is 12.6. The summed E-state index contributed by atoms with van der Waals surface area (Å²) in [5.74, 6) is 0.0588. The fraction of sp³-hybridized carbons (Fsp3) is 0.643. The van der Waals surface area contributed by atoms with Crippen molar-refractivity contribution in [2.75, 3.05) is 6.54 Å². The van der Waals surface area contributed by atoms with E-state index in [-0.39, 0.29) is 18.4 Å². The summed E-state index contributed by atoms with van der Waals surface area (Å²) < 4.78 is 0. The maximum atomic E-state index is 12.0. The van der Waals surface area contributed by atoms with Gasteiger partial charge in [0.1, 0.15) is 0 Å². The minimum absolute atomic E-state index is 0.0968. The first-order valence-corrected chi connectivity index (χ1v) is 7.17. The van der Waals surface area contributed by atoms with E-state index in [2.05, 4.69) is 5.32 Å². The lowest BCUT2D eigenvalue weighted by molar-refractivity contribution is 0.00592. The van der Waals surface area contributed by atoms with Crippen molar-refractivity contribution in [3.05, 3.63) is 21.4 Å². The number of carbonyl (C=O) groups is 1. The van der Waals surface area contributed by atoms with Gasteiger partial charge in [0.05, 0.1) is 11.2 Å². The van der Waals surface area contributed by atoms with Crippen LogP contribution < -0.4 is 5.32 Å². The van der Waals surface area contributed by atoms with E-state index in [1.54, 1.807) is 18.3 Å². The van der Waals surface area contributed by atoms with Crippen LogP contribution in [0.15, 0.2) is 6.07 Å². The average Bonchev–Trinajstić information content (AvgIpc) is 2.64. The lowest BCUT2D eigenvalue weighted by Gasteiger charge is -2.29. The van der Waals surface area contributed by atoms with E-state index in [1.807, 2.05) is 33.8 Å². The number of rotatable bonds is 5. The molecule has 4 heteroatoms. The molecule has 1 heterocycles. The summed E-state index contributed by atoms with van der Waals surface area (Å²) in [5, 5.41) is 13.1. The molecular formula is C14H23NO2S. The molecule has 0 aromatic carbocycles. The number of aryl methyl sites for hydroxylation is 2. The van der Waals surface area contributed by atoms with Gasteiger partial charge in [0.15, 0.2) is 0 Å². The Morgan fingerprint density at radius 2 is 2.17 bits per heavy atom. The largest absolute Gasteiger partial charge is 0.388 e. The Morgan fingerprint density at radius 3 is 2.61 bits per heavy atom. The Morgan fingerprint density at radius 1 is 1.56 bits per heavy atom. The minimum Gasteiger partial charge on any atom is -0.388 e. The van der Waals surface area contributed by atoms with Crippen molar-refractivity contribution >= 4 is 17.2 Å². The van der Waals surface area contributed by atoms with Crippen molar-refractivity contribution in [3.8, 4) is 0 Å². The number of carbonyl (C=O) groups excluding carboxylic acids is 1. The predicted molar refractivity (Wildman–Crippen MR) is 76.2 cm³/mol. The van der Waals surface area contributed by atoms with Crippen LogP contribution in [0.2, 0.25) is 0 Å². The van der Waals surface area contributed by atoms with E-state index in [0.29, 0.717) is 0 Å². The molecule has 0 bridgehead atoms. The van der Waals surface area contributed by atoms with Crippen LogP contribution >= 0.6 is 11.3 Å². The highest BCUT2D eigenvalue weighted by atomic mass is 32.1. The molecule has 1 aromatic heterocycles. The number of thiophene rings is 1. The highest BCUT2D eigenvalue weighted by molar-refractivity contribution is 7.12. The van der Waals surface area contributed by atoms with Crippen molar-refractivity contribution in [3.63, 3.8) is 0 Å². The zero-order chi connectivity index (χ0) is 13.9. The maximum Gasteiger partial charge on any atom is 0.252 e. The highest BCUT2D eigenvalue weighted by Gasteiger charge is 2.27. The van der Waals surface area contributed by atoms with Gasteiger partial charge in [-0.2, -0.15) is 0 Å². The number of aliphatic hydroxyl groups is 1.